The Hall–Kier alpha value is -2.50. The zero-order valence-corrected chi connectivity index (χ0v) is 14.1. The Morgan fingerprint density at radius 3 is 2.96 bits per heavy atom. The highest BCUT2D eigenvalue weighted by Crippen LogP contribution is 2.25. The number of hydrogen-bond donors (Lipinski definition) is 1. The van der Waals surface area contributed by atoms with Crippen LogP contribution in [0.2, 0.25) is 0 Å². The number of carbonyl (C=O) groups is 1. The second-order valence-corrected chi connectivity index (χ2v) is 6.25. The van der Waals surface area contributed by atoms with E-state index in [1.54, 1.807) is 6.20 Å². The molecular formula is C18H22N4O2. The lowest BCUT2D eigenvalue weighted by atomic mass is 9.96. The number of aryl methyl sites for hydroxylation is 2. The Morgan fingerprint density at radius 2 is 2.25 bits per heavy atom. The molecule has 1 fully saturated rings. The van der Waals surface area contributed by atoms with Gasteiger partial charge in [0.15, 0.2) is 0 Å². The number of nitrogens with zero attached hydrogens (tertiary/aromatic N) is 3. The molecule has 0 aromatic carbocycles. The third kappa shape index (κ3) is 3.53. The lowest BCUT2D eigenvalue weighted by Crippen LogP contribution is -2.40. The van der Waals surface area contributed by atoms with E-state index in [-0.39, 0.29) is 17.4 Å². The predicted molar refractivity (Wildman–Crippen MR) is 91.1 cm³/mol. The molecule has 24 heavy (non-hydrogen) atoms. The summed E-state index contributed by atoms with van der Waals surface area (Å²) in [6.07, 6.45) is 4.17. The number of nitrogens with one attached hydrogen (secondary N) is 1. The number of piperidine rings is 1. The van der Waals surface area contributed by atoms with Gasteiger partial charge in [-0.2, -0.15) is 0 Å². The molecule has 0 saturated carbocycles. The van der Waals surface area contributed by atoms with E-state index >= 15 is 0 Å². The highest BCUT2D eigenvalue weighted by molar-refractivity contribution is 5.94. The quantitative estimate of drug-likeness (QED) is 0.936. The number of likely N-dealkylation sites (tertiary alicyclic amines) is 1. The number of aromatic amines is 1. The smallest absolute Gasteiger partial charge is 0.255 e. The van der Waals surface area contributed by atoms with E-state index in [4.69, 9.17) is 0 Å². The molecule has 2 aromatic heterocycles. The third-order valence-electron chi connectivity index (χ3n) is 4.43. The minimum atomic E-state index is -0.122. The second-order valence-electron chi connectivity index (χ2n) is 6.25. The average Bonchev–Trinajstić information content (AvgIpc) is 2.61. The molecule has 126 valence electrons. The minimum Gasteiger partial charge on any atom is -0.338 e. The maximum Gasteiger partial charge on any atom is 0.255 e. The second kappa shape index (κ2) is 6.95. The lowest BCUT2D eigenvalue weighted by Gasteiger charge is -2.32. The van der Waals surface area contributed by atoms with E-state index in [1.165, 1.54) is 6.07 Å². The summed E-state index contributed by atoms with van der Waals surface area (Å²) in [7, 11) is 0. The van der Waals surface area contributed by atoms with Crippen LogP contribution in [0, 0.1) is 6.92 Å². The van der Waals surface area contributed by atoms with Crippen LogP contribution < -0.4 is 5.56 Å². The van der Waals surface area contributed by atoms with Gasteiger partial charge in [0.25, 0.3) is 11.5 Å². The summed E-state index contributed by atoms with van der Waals surface area (Å²) in [6.45, 7) is 5.17. The molecule has 0 aliphatic carbocycles. The number of H-pyrrole nitrogens is 1. The first-order valence-corrected chi connectivity index (χ1v) is 8.39. The summed E-state index contributed by atoms with van der Waals surface area (Å²) in [4.78, 5) is 37.9. The Balaban J connectivity index is 1.79. The van der Waals surface area contributed by atoms with Crippen molar-refractivity contribution in [2.45, 2.75) is 39.0 Å². The first-order chi connectivity index (χ1) is 11.6. The number of aromatic nitrogens is 3. The standard InChI is InChI=1S/C18H22N4O2/c1-3-15-9-16(23)21-17(20-15)14-5-4-8-22(11-14)18(24)13-7-6-12(2)19-10-13/h6-7,9-10,14H,3-5,8,11H2,1-2H3,(H,20,21,23)/t14-/m1/s1. The maximum absolute atomic E-state index is 12.7. The van der Waals surface area contributed by atoms with Crippen molar-refractivity contribution in [3.8, 4) is 0 Å². The van der Waals surface area contributed by atoms with E-state index in [2.05, 4.69) is 15.0 Å². The van der Waals surface area contributed by atoms with Crippen LogP contribution >= 0.6 is 0 Å². The molecular weight excluding hydrogens is 304 g/mol. The van der Waals surface area contributed by atoms with Crippen LogP contribution in [0.4, 0.5) is 0 Å². The van der Waals surface area contributed by atoms with Crippen LogP contribution in [0.1, 0.15) is 53.3 Å². The van der Waals surface area contributed by atoms with Crippen LogP contribution in [0.3, 0.4) is 0 Å². The Bertz CT molecular complexity index is 782. The van der Waals surface area contributed by atoms with Crippen LogP contribution in [-0.4, -0.2) is 38.8 Å². The van der Waals surface area contributed by atoms with E-state index in [1.807, 2.05) is 30.9 Å². The van der Waals surface area contributed by atoms with Crippen LogP contribution in [-0.2, 0) is 6.42 Å². The summed E-state index contributed by atoms with van der Waals surface area (Å²) in [6, 6.07) is 5.19. The summed E-state index contributed by atoms with van der Waals surface area (Å²) in [5.41, 5.74) is 2.16. The molecule has 1 aliphatic rings. The molecule has 1 saturated heterocycles. The molecule has 3 heterocycles. The van der Waals surface area contributed by atoms with Gasteiger partial charge in [0.2, 0.25) is 0 Å². The molecule has 6 nitrogen and oxygen atoms in total. The van der Waals surface area contributed by atoms with Gasteiger partial charge in [-0.1, -0.05) is 6.92 Å². The van der Waals surface area contributed by atoms with Gasteiger partial charge in [0.05, 0.1) is 5.56 Å². The SMILES string of the molecule is CCc1cc(=O)[nH]c([C@@H]2CCCN(C(=O)c3ccc(C)nc3)C2)n1. The van der Waals surface area contributed by atoms with Crippen molar-refractivity contribution in [1.82, 2.24) is 19.9 Å². The van der Waals surface area contributed by atoms with Crippen molar-refractivity contribution < 1.29 is 4.79 Å². The Kier molecular flexibility index (Phi) is 4.74. The molecule has 0 radical (unpaired) electrons. The summed E-state index contributed by atoms with van der Waals surface area (Å²) >= 11 is 0. The highest BCUT2D eigenvalue weighted by atomic mass is 16.2. The normalized spacial score (nSPS) is 17.8. The van der Waals surface area contributed by atoms with Crippen LogP contribution in [0.15, 0.2) is 29.2 Å². The molecule has 2 aromatic rings. The van der Waals surface area contributed by atoms with Gasteiger partial charge in [-0.15, -0.1) is 0 Å². The Morgan fingerprint density at radius 1 is 1.42 bits per heavy atom. The summed E-state index contributed by atoms with van der Waals surface area (Å²) in [5.74, 6) is 0.750. The fourth-order valence-electron chi connectivity index (χ4n) is 3.06. The molecule has 0 unspecified atom stereocenters. The van der Waals surface area contributed by atoms with Gasteiger partial charge in [0.1, 0.15) is 5.82 Å². The number of amides is 1. The van der Waals surface area contributed by atoms with Crippen molar-refractivity contribution in [3.05, 3.63) is 57.5 Å². The van der Waals surface area contributed by atoms with Gasteiger partial charge in [-0.05, 0) is 38.3 Å². The molecule has 6 heteroatoms. The molecule has 1 amide bonds. The fraction of sp³-hybridized carbons (Fsp3) is 0.444. The van der Waals surface area contributed by atoms with Gasteiger partial charge in [-0.3, -0.25) is 14.6 Å². The van der Waals surface area contributed by atoms with E-state index in [0.717, 1.165) is 37.2 Å². The van der Waals surface area contributed by atoms with Gasteiger partial charge in [-0.25, -0.2) is 4.98 Å². The van der Waals surface area contributed by atoms with E-state index in [9.17, 15) is 9.59 Å². The van der Waals surface area contributed by atoms with Crippen molar-refractivity contribution in [2.75, 3.05) is 13.1 Å². The molecule has 0 bridgehead atoms. The van der Waals surface area contributed by atoms with Crippen molar-refractivity contribution in [2.24, 2.45) is 0 Å². The zero-order valence-electron chi connectivity index (χ0n) is 14.1. The Labute approximate surface area is 141 Å². The van der Waals surface area contributed by atoms with E-state index in [0.29, 0.717) is 17.9 Å². The highest BCUT2D eigenvalue weighted by Gasteiger charge is 2.27. The number of carbonyl (C=O) groups excluding carboxylic acids is 1. The van der Waals surface area contributed by atoms with Crippen molar-refractivity contribution in [1.29, 1.82) is 0 Å². The fourth-order valence-corrected chi connectivity index (χ4v) is 3.06. The van der Waals surface area contributed by atoms with E-state index < -0.39 is 0 Å². The number of pyridine rings is 1. The van der Waals surface area contributed by atoms with Crippen molar-refractivity contribution in [3.63, 3.8) is 0 Å². The molecule has 0 spiro atoms. The predicted octanol–water partition coefficient (Wildman–Crippen LogP) is 2.06. The number of rotatable bonds is 3. The van der Waals surface area contributed by atoms with Gasteiger partial charge >= 0.3 is 0 Å². The molecule has 1 atom stereocenters. The van der Waals surface area contributed by atoms with Crippen LogP contribution in [0.5, 0.6) is 0 Å². The topological polar surface area (TPSA) is 79.0 Å². The molecule has 3 rings (SSSR count). The first-order valence-electron chi connectivity index (χ1n) is 8.39. The zero-order chi connectivity index (χ0) is 17.1. The minimum absolute atomic E-state index is 0.0128. The lowest BCUT2D eigenvalue weighted by molar-refractivity contribution is 0.0704. The monoisotopic (exact) mass is 326 g/mol. The molecule has 1 aliphatic heterocycles. The van der Waals surface area contributed by atoms with Gasteiger partial charge < -0.3 is 9.88 Å². The van der Waals surface area contributed by atoms with Gasteiger partial charge in [0, 0.05) is 42.7 Å². The summed E-state index contributed by atoms with van der Waals surface area (Å²) in [5, 5.41) is 0. The average molecular weight is 326 g/mol. The molecule has 1 N–H and O–H groups in total. The third-order valence-corrected chi connectivity index (χ3v) is 4.43. The van der Waals surface area contributed by atoms with Crippen LogP contribution in [0.25, 0.3) is 0 Å². The van der Waals surface area contributed by atoms with Crippen molar-refractivity contribution >= 4 is 5.91 Å². The largest absolute Gasteiger partial charge is 0.338 e. The summed E-state index contributed by atoms with van der Waals surface area (Å²) < 4.78 is 0. The number of hydrogen-bond acceptors (Lipinski definition) is 4. The first kappa shape index (κ1) is 16.4. The maximum atomic E-state index is 12.7.